The van der Waals surface area contributed by atoms with Crippen molar-refractivity contribution in [1.82, 2.24) is 5.43 Å². The number of nitrogens with two attached hydrogens (primary N) is 1. The zero-order valence-electron chi connectivity index (χ0n) is 11.7. The van der Waals surface area contributed by atoms with Gasteiger partial charge in [-0.1, -0.05) is 52.3 Å². The molecule has 106 valence electrons. The number of fused-ring (bicyclic) bond motifs is 5. The van der Waals surface area contributed by atoms with E-state index >= 15 is 0 Å². The molecule has 3 aromatic rings. The van der Waals surface area contributed by atoms with Gasteiger partial charge in [-0.05, 0) is 58.0 Å². The molecule has 3 heteroatoms. The highest BCUT2D eigenvalue weighted by molar-refractivity contribution is 9.10. The van der Waals surface area contributed by atoms with E-state index in [0.717, 1.165) is 19.3 Å². The first-order chi connectivity index (χ1) is 10.3. The van der Waals surface area contributed by atoms with Gasteiger partial charge in [-0.2, -0.15) is 0 Å². The highest BCUT2D eigenvalue weighted by atomic mass is 79.9. The maximum atomic E-state index is 5.61. The van der Waals surface area contributed by atoms with Gasteiger partial charge in [0.2, 0.25) is 0 Å². The molecule has 0 bridgehead atoms. The molecule has 21 heavy (non-hydrogen) atoms. The van der Waals surface area contributed by atoms with Crippen LogP contribution in [-0.2, 0) is 12.8 Å². The maximum absolute atomic E-state index is 5.61. The van der Waals surface area contributed by atoms with Gasteiger partial charge in [0.05, 0.1) is 0 Å². The molecule has 2 nitrogen and oxygen atoms in total. The minimum absolute atomic E-state index is 0.402. The summed E-state index contributed by atoms with van der Waals surface area (Å²) in [6.07, 6.45) is 3.21. The van der Waals surface area contributed by atoms with Gasteiger partial charge in [0, 0.05) is 10.5 Å². The normalized spacial score (nSPS) is 18.1. The van der Waals surface area contributed by atoms with Crippen molar-refractivity contribution >= 4 is 37.5 Å². The molecule has 0 spiro atoms. The Bertz CT molecular complexity index is 841. The molecule has 1 aliphatic rings. The van der Waals surface area contributed by atoms with Crippen LogP contribution < -0.4 is 11.3 Å². The first-order valence-electron chi connectivity index (χ1n) is 7.36. The van der Waals surface area contributed by atoms with E-state index in [2.05, 4.69) is 63.8 Å². The van der Waals surface area contributed by atoms with Gasteiger partial charge in [-0.15, -0.1) is 0 Å². The lowest BCUT2D eigenvalue weighted by atomic mass is 9.84. The Labute approximate surface area is 132 Å². The van der Waals surface area contributed by atoms with Gasteiger partial charge in [0.25, 0.3) is 0 Å². The van der Waals surface area contributed by atoms with Crippen molar-refractivity contribution < 1.29 is 0 Å². The van der Waals surface area contributed by atoms with Gasteiger partial charge >= 0.3 is 0 Å². The fourth-order valence-electron chi connectivity index (χ4n) is 3.56. The van der Waals surface area contributed by atoms with Crippen molar-refractivity contribution in [2.45, 2.75) is 25.3 Å². The summed E-state index contributed by atoms with van der Waals surface area (Å²) in [6, 6.07) is 15.8. The zero-order chi connectivity index (χ0) is 14.4. The van der Waals surface area contributed by atoms with E-state index in [1.54, 1.807) is 0 Å². The van der Waals surface area contributed by atoms with Crippen molar-refractivity contribution in [3.05, 3.63) is 58.1 Å². The summed E-state index contributed by atoms with van der Waals surface area (Å²) in [5, 5.41) is 5.34. The van der Waals surface area contributed by atoms with Crippen LogP contribution in [0, 0.1) is 0 Å². The van der Waals surface area contributed by atoms with E-state index in [1.165, 1.54) is 37.1 Å². The second-order valence-corrected chi connectivity index (χ2v) is 6.66. The smallest absolute Gasteiger partial charge is 0.0260 e. The van der Waals surface area contributed by atoms with Crippen molar-refractivity contribution in [2.24, 2.45) is 5.84 Å². The van der Waals surface area contributed by atoms with Crippen LogP contribution >= 0.6 is 15.9 Å². The van der Waals surface area contributed by atoms with Crippen LogP contribution in [0.1, 0.15) is 17.5 Å². The summed E-state index contributed by atoms with van der Waals surface area (Å²) in [7, 11) is 0. The average Bonchev–Trinajstić information content (AvgIpc) is 2.54. The number of hydrazine groups is 1. The molecule has 0 radical (unpaired) electrons. The zero-order valence-corrected chi connectivity index (χ0v) is 13.3. The molecule has 0 aromatic heterocycles. The number of benzene rings is 3. The second-order valence-electron chi connectivity index (χ2n) is 5.81. The Balaban J connectivity index is 2.03. The number of rotatable bonds is 1. The number of halogens is 1. The van der Waals surface area contributed by atoms with E-state index < -0.39 is 0 Å². The van der Waals surface area contributed by atoms with Gasteiger partial charge in [-0.3, -0.25) is 11.3 Å². The summed E-state index contributed by atoms with van der Waals surface area (Å²) in [5.41, 5.74) is 5.85. The summed E-state index contributed by atoms with van der Waals surface area (Å²) in [5.74, 6) is 5.61. The second kappa shape index (κ2) is 5.09. The van der Waals surface area contributed by atoms with Crippen LogP contribution in [0.15, 0.2) is 46.9 Å². The third kappa shape index (κ3) is 2.08. The molecule has 0 saturated heterocycles. The Kier molecular flexibility index (Phi) is 3.21. The minimum atomic E-state index is 0.402. The van der Waals surface area contributed by atoms with Crippen LogP contribution in [0.25, 0.3) is 21.5 Å². The van der Waals surface area contributed by atoms with Crippen LogP contribution in [0.2, 0.25) is 0 Å². The number of nitrogens with one attached hydrogen (secondary N) is 1. The minimum Gasteiger partial charge on any atom is -0.271 e. The molecule has 0 heterocycles. The maximum Gasteiger partial charge on any atom is 0.0260 e. The van der Waals surface area contributed by atoms with E-state index in [9.17, 15) is 0 Å². The number of hydrogen-bond donors (Lipinski definition) is 2. The van der Waals surface area contributed by atoms with Crippen LogP contribution in [0.3, 0.4) is 0 Å². The summed E-state index contributed by atoms with van der Waals surface area (Å²) < 4.78 is 1.18. The molecule has 0 fully saturated rings. The van der Waals surface area contributed by atoms with Crippen molar-refractivity contribution in [3.63, 3.8) is 0 Å². The lowest BCUT2D eigenvalue weighted by molar-refractivity contribution is 0.472. The van der Waals surface area contributed by atoms with E-state index in [0.29, 0.717) is 6.04 Å². The van der Waals surface area contributed by atoms with Gasteiger partial charge in [-0.25, -0.2) is 0 Å². The lowest BCUT2D eigenvalue weighted by Crippen LogP contribution is -2.39. The lowest BCUT2D eigenvalue weighted by Gasteiger charge is -2.25. The molecular formula is C18H17BrN2. The molecule has 0 amide bonds. The highest BCUT2D eigenvalue weighted by Gasteiger charge is 2.20. The Morgan fingerprint density at radius 3 is 2.57 bits per heavy atom. The van der Waals surface area contributed by atoms with E-state index in [-0.39, 0.29) is 0 Å². The number of hydrogen-bond acceptors (Lipinski definition) is 2. The first-order valence-corrected chi connectivity index (χ1v) is 8.15. The molecular weight excluding hydrogens is 324 g/mol. The predicted molar refractivity (Wildman–Crippen MR) is 92.3 cm³/mol. The molecule has 3 N–H and O–H groups in total. The topological polar surface area (TPSA) is 38.0 Å². The molecule has 1 unspecified atom stereocenters. The average molecular weight is 341 g/mol. The fraction of sp³-hybridized carbons (Fsp3) is 0.222. The van der Waals surface area contributed by atoms with Crippen LogP contribution in [0.5, 0.6) is 0 Å². The van der Waals surface area contributed by atoms with Crippen molar-refractivity contribution in [3.8, 4) is 0 Å². The largest absolute Gasteiger partial charge is 0.271 e. The highest BCUT2D eigenvalue weighted by Crippen LogP contribution is 2.36. The van der Waals surface area contributed by atoms with Gasteiger partial charge in [0.1, 0.15) is 0 Å². The summed E-state index contributed by atoms with van der Waals surface area (Å²) in [4.78, 5) is 0. The van der Waals surface area contributed by atoms with Crippen molar-refractivity contribution in [1.29, 1.82) is 0 Å². The third-order valence-corrected chi connectivity index (χ3v) is 5.30. The Morgan fingerprint density at radius 1 is 1.00 bits per heavy atom. The standard InChI is InChI=1S/C18H17BrN2/c19-18-10-17-13-8-6-12(21-20)9-11(13)5-7-15(17)14-3-1-2-4-16(14)18/h1-5,7,10,12,21H,6,8-9,20H2. The van der Waals surface area contributed by atoms with Gasteiger partial charge in [0.15, 0.2) is 0 Å². The molecule has 3 aromatic carbocycles. The summed E-state index contributed by atoms with van der Waals surface area (Å²) in [6.45, 7) is 0. The quantitative estimate of drug-likeness (QED) is 0.398. The predicted octanol–water partition coefficient (Wildman–Crippen LogP) is 4.08. The molecule has 1 aliphatic carbocycles. The fourth-order valence-corrected chi connectivity index (χ4v) is 4.13. The Morgan fingerprint density at radius 2 is 1.76 bits per heavy atom. The molecule has 0 aliphatic heterocycles. The van der Waals surface area contributed by atoms with E-state index in [4.69, 9.17) is 5.84 Å². The third-order valence-electron chi connectivity index (χ3n) is 4.64. The molecule has 4 rings (SSSR count). The van der Waals surface area contributed by atoms with Crippen LogP contribution in [0.4, 0.5) is 0 Å². The SMILES string of the molecule is NNC1CCc2c(ccc3c2cc(Br)c2ccccc23)C1. The molecule has 1 atom stereocenters. The monoisotopic (exact) mass is 340 g/mol. The summed E-state index contributed by atoms with van der Waals surface area (Å²) >= 11 is 3.74. The van der Waals surface area contributed by atoms with Gasteiger partial charge < -0.3 is 0 Å². The van der Waals surface area contributed by atoms with E-state index in [1.807, 2.05) is 0 Å². The molecule has 0 saturated carbocycles. The van der Waals surface area contributed by atoms with Crippen LogP contribution in [-0.4, -0.2) is 6.04 Å². The Hall–Kier alpha value is -1.42. The number of aryl methyl sites for hydroxylation is 1. The van der Waals surface area contributed by atoms with Crippen molar-refractivity contribution in [2.75, 3.05) is 0 Å². The first kappa shape index (κ1) is 13.3.